The van der Waals surface area contributed by atoms with Gasteiger partial charge in [-0.25, -0.2) is 9.97 Å². The van der Waals surface area contributed by atoms with E-state index in [1.54, 1.807) is 12.4 Å². The number of nitrogens with zero attached hydrogens (tertiary/aromatic N) is 5. The van der Waals surface area contributed by atoms with Crippen LogP contribution in [0.2, 0.25) is 0 Å². The molecule has 0 bridgehead atoms. The molecule has 3 rings (SSSR count). The van der Waals surface area contributed by atoms with Gasteiger partial charge in [0.15, 0.2) is 5.96 Å². The maximum atomic E-state index is 4.32. The second-order valence-corrected chi connectivity index (χ2v) is 5.80. The summed E-state index contributed by atoms with van der Waals surface area (Å²) in [6.45, 7) is 6.03. The quantitative estimate of drug-likeness (QED) is 0.403. The lowest BCUT2D eigenvalue weighted by atomic mass is 10.3. The van der Waals surface area contributed by atoms with E-state index in [1.807, 2.05) is 13.1 Å². The van der Waals surface area contributed by atoms with Gasteiger partial charge < -0.3 is 15.5 Å². The van der Waals surface area contributed by atoms with E-state index in [2.05, 4.69) is 35.4 Å². The van der Waals surface area contributed by atoms with Crippen LogP contribution >= 0.6 is 24.0 Å². The fraction of sp³-hybridized carbons (Fsp3) is 0.667. The Labute approximate surface area is 155 Å². The molecule has 1 aliphatic heterocycles. The Bertz CT molecular complexity index is 484. The highest BCUT2D eigenvalue weighted by Gasteiger charge is 2.22. The second-order valence-electron chi connectivity index (χ2n) is 5.80. The van der Waals surface area contributed by atoms with Crippen molar-refractivity contribution in [3.8, 4) is 0 Å². The molecule has 1 saturated carbocycles. The molecule has 0 aromatic carbocycles. The van der Waals surface area contributed by atoms with Crippen LogP contribution in [0.3, 0.4) is 0 Å². The molecule has 0 radical (unpaired) electrons. The highest BCUT2D eigenvalue weighted by molar-refractivity contribution is 14.0. The van der Waals surface area contributed by atoms with E-state index in [4.69, 9.17) is 0 Å². The number of piperazine rings is 1. The van der Waals surface area contributed by atoms with Gasteiger partial charge in [0.05, 0.1) is 0 Å². The lowest BCUT2D eigenvalue weighted by molar-refractivity contribution is 0.260. The van der Waals surface area contributed by atoms with Crippen LogP contribution in [0.1, 0.15) is 12.8 Å². The van der Waals surface area contributed by atoms with Crippen molar-refractivity contribution in [3.63, 3.8) is 0 Å². The zero-order valence-electron chi connectivity index (χ0n) is 13.6. The van der Waals surface area contributed by atoms with Crippen molar-refractivity contribution < 1.29 is 0 Å². The van der Waals surface area contributed by atoms with Crippen LogP contribution < -0.4 is 15.5 Å². The van der Waals surface area contributed by atoms with Crippen molar-refractivity contribution in [1.29, 1.82) is 0 Å². The molecule has 1 saturated heterocycles. The maximum absolute atomic E-state index is 4.32. The van der Waals surface area contributed by atoms with Crippen molar-refractivity contribution in [2.24, 2.45) is 4.99 Å². The molecule has 8 heteroatoms. The molecule has 0 atom stereocenters. The average molecular weight is 431 g/mol. The number of nitrogens with one attached hydrogen (secondary N) is 2. The Kier molecular flexibility index (Phi) is 7.28. The number of hydrogen-bond acceptors (Lipinski definition) is 5. The fourth-order valence-electron chi connectivity index (χ4n) is 2.57. The molecule has 1 aromatic heterocycles. The first-order valence-electron chi connectivity index (χ1n) is 8.06. The summed E-state index contributed by atoms with van der Waals surface area (Å²) in [6, 6.07) is 2.49. The third kappa shape index (κ3) is 5.76. The van der Waals surface area contributed by atoms with E-state index in [-0.39, 0.29) is 24.0 Å². The average Bonchev–Trinajstić information content (AvgIpc) is 3.39. The van der Waals surface area contributed by atoms with Gasteiger partial charge in [0.2, 0.25) is 5.95 Å². The molecule has 2 N–H and O–H groups in total. The molecular weight excluding hydrogens is 405 g/mol. The van der Waals surface area contributed by atoms with E-state index in [1.165, 1.54) is 12.8 Å². The Hall–Kier alpha value is -1.16. The Balaban J connectivity index is 0.00000192. The zero-order valence-corrected chi connectivity index (χ0v) is 15.9. The van der Waals surface area contributed by atoms with Gasteiger partial charge in [-0.2, -0.15) is 0 Å². The minimum absolute atomic E-state index is 0. The minimum atomic E-state index is 0. The monoisotopic (exact) mass is 431 g/mol. The van der Waals surface area contributed by atoms with E-state index in [0.717, 1.165) is 51.2 Å². The van der Waals surface area contributed by atoms with Crippen molar-refractivity contribution in [2.45, 2.75) is 18.9 Å². The molecule has 7 nitrogen and oxygen atoms in total. The van der Waals surface area contributed by atoms with Crippen LogP contribution in [-0.2, 0) is 0 Å². The fourth-order valence-corrected chi connectivity index (χ4v) is 2.57. The standard InChI is InChI=1S/C15H25N7.HI/c1-16-14(20-13-3-4-13)17-7-8-21-9-11-22(12-10-21)15-18-5-2-6-19-15;/h2,5-6,13H,3-4,7-12H2,1H3,(H2,16,17,20);1H. The van der Waals surface area contributed by atoms with Crippen LogP contribution in [0.4, 0.5) is 5.95 Å². The summed E-state index contributed by atoms with van der Waals surface area (Å²) in [5.41, 5.74) is 0. The molecule has 23 heavy (non-hydrogen) atoms. The van der Waals surface area contributed by atoms with Crippen LogP contribution in [0.25, 0.3) is 0 Å². The van der Waals surface area contributed by atoms with E-state index < -0.39 is 0 Å². The van der Waals surface area contributed by atoms with Gasteiger partial charge in [0, 0.05) is 64.8 Å². The van der Waals surface area contributed by atoms with Crippen LogP contribution in [0.15, 0.2) is 23.5 Å². The Morgan fingerprint density at radius 1 is 1.22 bits per heavy atom. The number of rotatable bonds is 5. The van der Waals surface area contributed by atoms with Crippen LogP contribution in [0.5, 0.6) is 0 Å². The zero-order chi connectivity index (χ0) is 15.2. The number of aromatic nitrogens is 2. The minimum Gasteiger partial charge on any atom is -0.355 e. The Morgan fingerprint density at radius 2 is 1.91 bits per heavy atom. The lowest BCUT2D eigenvalue weighted by Gasteiger charge is -2.34. The van der Waals surface area contributed by atoms with E-state index in [0.29, 0.717) is 6.04 Å². The van der Waals surface area contributed by atoms with Crippen molar-refractivity contribution in [2.75, 3.05) is 51.2 Å². The van der Waals surface area contributed by atoms with Crippen LogP contribution in [-0.4, -0.2) is 73.2 Å². The van der Waals surface area contributed by atoms with Gasteiger partial charge >= 0.3 is 0 Å². The highest BCUT2D eigenvalue weighted by Crippen LogP contribution is 2.18. The number of guanidine groups is 1. The molecule has 128 valence electrons. The lowest BCUT2D eigenvalue weighted by Crippen LogP contribution is -2.49. The summed E-state index contributed by atoms with van der Waals surface area (Å²) in [5.74, 6) is 1.77. The molecule has 0 spiro atoms. The topological polar surface area (TPSA) is 68.7 Å². The van der Waals surface area contributed by atoms with Crippen molar-refractivity contribution >= 4 is 35.9 Å². The third-order valence-corrected chi connectivity index (χ3v) is 4.07. The predicted molar refractivity (Wildman–Crippen MR) is 104 cm³/mol. The number of aliphatic imine (C=N–C) groups is 1. The van der Waals surface area contributed by atoms with Crippen molar-refractivity contribution in [1.82, 2.24) is 25.5 Å². The van der Waals surface area contributed by atoms with Crippen molar-refractivity contribution in [3.05, 3.63) is 18.5 Å². The summed E-state index contributed by atoms with van der Waals surface area (Å²) < 4.78 is 0. The smallest absolute Gasteiger partial charge is 0.225 e. The highest BCUT2D eigenvalue weighted by atomic mass is 127. The summed E-state index contributed by atoms with van der Waals surface area (Å²) in [4.78, 5) is 17.6. The molecule has 0 unspecified atom stereocenters. The normalized spacial score (nSPS) is 19.2. The first-order valence-corrected chi connectivity index (χ1v) is 8.06. The second kappa shape index (κ2) is 9.21. The molecule has 1 aromatic rings. The summed E-state index contributed by atoms with van der Waals surface area (Å²) in [6.07, 6.45) is 6.14. The van der Waals surface area contributed by atoms with Gasteiger partial charge in [-0.3, -0.25) is 9.89 Å². The molecule has 1 aliphatic carbocycles. The van der Waals surface area contributed by atoms with Gasteiger partial charge in [-0.15, -0.1) is 24.0 Å². The number of halogens is 1. The summed E-state index contributed by atoms with van der Waals surface area (Å²) in [7, 11) is 1.83. The largest absolute Gasteiger partial charge is 0.355 e. The first-order chi connectivity index (χ1) is 10.8. The van der Waals surface area contributed by atoms with E-state index in [9.17, 15) is 0 Å². The summed E-state index contributed by atoms with van der Waals surface area (Å²) >= 11 is 0. The van der Waals surface area contributed by atoms with E-state index >= 15 is 0 Å². The molecule has 2 fully saturated rings. The van der Waals surface area contributed by atoms with Gasteiger partial charge in [0.1, 0.15) is 0 Å². The molecular formula is C15H26IN7. The predicted octanol–water partition coefficient (Wildman–Crippen LogP) is 0.544. The van der Waals surface area contributed by atoms with Gasteiger partial charge in [-0.05, 0) is 18.9 Å². The molecule has 0 amide bonds. The summed E-state index contributed by atoms with van der Waals surface area (Å²) in [5, 5.41) is 6.79. The Morgan fingerprint density at radius 3 is 2.52 bits per heavy atom. The number of hydrogen-bond donors (Lipinski definition) is 2. The first kappa shape index (κ1) is 18.2. The van der Waals surface area contributed by atoms with Gasteiger partial charge in [0.25, 0.3) is 0 Å². The molecule has 2 aliphatic rings. The third-order valence-electron chi connectivity index (χ3n) is 4.07. The molecule has 2 heterocycles. The van der Waals surface area contributed by atoms with Gasteiger partial charge in [-0.1, -0.05) is 0 Å². The van der Waals surface area contributed by atoms with Crippen LogP contribution in [0, 0.1) is 0 Å². The maximum Gasteiger partial charge on any atom is 0.225 e. The SMILES string of the molecule is CN=C(NCCN1CCN(c2ncccn2)CC1)NC1CC1.I. The number of anilines is 1.